The Balaban J connectivity index is 2.10. The summed E-state index contributed by atoms with van der Waals surface area (Å²) >= 11 is 1.77. The van der Waals surface area contributed by atoms with Gasteiger partial charge in [-0.15, -0.1) is 0 Å². The van der Waals surface area contributed by atoms with Crippen molar-refractivity contribution in [1.82, 2.24) is 0 Å². The fourth-order valence-electron chi connectivity index (χ4n) is 1.76. The third-order valence-corrected chi connectivity index (χ3v) is 3.77. The van der Waals surface area contributed by atoms with Crippen LogP contribution in [0.4, 0.5) is 5.69 Å². The van der Waals surface area contributed by atoms with Crippen LogP contribution in [-0.2, 0) is 6.54 Å². The lowest BCUT2D eigenvalue weighted by Crippen LogP contribution is -1.98. The Bertz CT molecular complexity index is 504. The van der Waals surface area contributed by atoms with Crippen molar-refractivity contribution in [3.8, 4) is 0 Å². The van der Waals surface area contributed by atoms with Gasteiger partial charge < -0.3 is 9.73 Å². The molecular weight excluding hydrogens is 206 g/mol. The molecule has 3 rings (SSSR count). The van der Waals surface area contributed by atoms with E-state index in [1.54, 1.807) is 11.8 Å². The monoisotopic (exact) mass is 217 g/mol. The van der Waals surface area contributed by atoms with Gasteiger partial charge in [0, 0.05) is 22.7 Å². The summed E-state index contributed by atoms with van der Waals surface area (Å²) in [6.45, 7) is 2.86. The van der Waals surface area contributed by atoms with Gasteiger partial charge in [0.25, 0.3) is 0 Å². The lowest BCUT2D eigenvalue weighted by molar-refractivity contribution is 0.527. The molecule has 0 bridgehead atoms. The summed E-state index contributed by atoms with van der Waals surface area (Å²) in [6.07, 6.45) is 1.85. The van der Waals surface area contributed by atoms with E-state index in [4.69, 9.17) is 4.42 Å². The van der Waals surface area contributed by atoms with Crippen molar-refractivity contribution in [2.45, 2.75) is 23.3 Å². The van der Waals surface area contributed by atoms with Crippen molar-refractivity contribution in [3.63, 3.8) is 0 Å². The topological polar surface area (TPSA) is 25.2 Å². The summed E-state index contributed by atoms with van der Waals surface area (Å²) in [5.74, 6) is 1.01. The minimum Gasteiger partial charge on any atom is -0.468 e. The van der Waals surface area contributed by atoms with Crippen molar-refractivity contribution >= 4 is 17.4 Å². The van der Waals surface area contributed by atoms with E-state index in [-0.39, 0.29) is 0 Å². The van der Waals surface area contributed by atoms with Gasteiger partial charge in [-0.2, -0.15) is 0 Å². The maximum Gasteiger partial charge on any atom is 0.106 e. The van der Waals surface area contributed by atoms with E-state index < -0.39 is 0 Å². The Labute approximate surface area is 92.7 Å². The largest absolute Gasteiger partial charge is 0.468 e. The van der Waals surface area contributed by atoms with Gasteiger partial charge >= 0.3 is 0 Å². The van der Waals surface area contributed by atoms with E-state index in [2.05, 4.69) is 29.6 Å². The number of furan rings is 1. The molecule has 0 unspecified atom stereocenters. The molecule has 15 heavy (non-hydrogen) atoms. The van der Waals surface area contributed by atoms with Crippen LogP contribution in [0.2, 0.25) is 0 Å². The fraction of sp³-hybridized carbons (Fsp3) is 0.167. The molecule has 0 saturated heterocycles. The van der Waals surface area contributed by atoms with Crippen LogP contribution in [0.25, 0.3) is 0 Å². The number of hydrogen-bond acceptors (Lipinski definition) is 3. The molecule has 0 radical (unpaired) electrons. The maximum atomic E-state index is 5.43. The first-order valence-electron chi connectivity index (χ1n) is 4.92. The molecule has 0 atom stereocenters. The maximum absolute atomic E-state index is 5.43. The minimum atomic E-state index is 0.849. The molecule has 2 aromatic rings. The van der Waals surface area contributed by atoms with Gasteiger partial charge in [0.1, 0.15) is 12.0 Å². The van der Waals surface area contributed by atoms with Gasteiger partial charge in [0.15, 0.2) is 0 Å². The average molecular weight is 217 g/mol. The molecule has 1 aromatic heterocycles. The molecule has 0 amide bonds. The number of anilines is 1. The Morgan fingerprint density at radius 1 is 1.27 bits per heavy atom. The Morgan fingerprint density at radius 3 is 3.07 bits per heavy atom. The standard InChI is InChI=1S/C12H11NOS/c1-8-9-6-13-10-4-2-3-5-11(10)15-12(9)7-14-8/h2-5,7,13H,6H2,1H3. The molecule has 1 aromatic carbocycles. The van der Waals surface area contributed by atoms with E-state index in [1.165, 1.54) is 21.0 Å². The highest BCUT2D eigenvalue weighted by atomic mass is 32.2. The van der Waals surface area contributed by atoms with Gasteiger partial charge in [0.05, 0.1) is 4.90 Å². The van der Waals surface area contributed by atoms with E-state index >= 15 is 0 Å². The second-order valence-corrected chi connectivity index (χ2v) is 4.67. The molecule has 0 fully saturated rings. The van der Waals surface area contributed by atoms with E-state index in [9.17, 15) is 0 Å². The van der Waals surface area contributed by atoms with Crippen LogP contribution < -0.4 is 5.32 Å². The van der Waals surface area contributed by atoms with Crippen molar-refractivity contribution in [1.29, 1.82) is 0 Å². The van der Waals surface area contributed by atoms with E-state index in [0.717, 1.165) is 12.3 Å². The van der Waals surface area contributed by atoms with Crippen LogP contribution in [0.3, 0.4) is 0 Å². The normalized spacial score (nSPS) is 13.7. The first-order chi connectivity index (χ1) is 7.34. The molecule has 76 valence electrons. The minimum absolute atomic E-state index is 0.849. The van der Waals surface area contributed by atoms with Crippen molar-refractivity contribution in [2.24, 2.45) is 0 Å². The zero-order valence-corrected chi connectivity index (χ0v) is 9.23. The lowest BCUT2D eigenvalue weighted by Gasteiger charge is -2.05. The second-order valence-electron chi connectivity index (χ2n) is 3.59. The molecule has 1 aliphatic rings. The Morgan fingerprint density at radius 2 is 2.13 bits per heavy atom. The summed E-state index contributed by atoms with van der Waals surface area (Å²) in [7, 11) is 0. The molecule has 1 N–H and O–H groups in total. The number of para-hydroxylation sites is 1. The number of hydrogen-bond donors (Lipinski definition) is 1. The van der Waals surface area contributed by atoms with Gasteiger partial charge in [-0.05, 0) is 19.1 Å². The number of nitrogens with one attached hydrogen (secondary N) is 1. The summed E-state index contributed by atoms with van der Waals surface area (Å²) in [5.41, 5.74) is 2.48. The van der Waals surface area contributed by atoms with E-state index in [0.29, 0.717) is 0 Å². The first-order valence-corrected chi connectivity index (χ1v) is 5.74. The molecule has 2 heterocycles. The van der Waals surface area contributed by atoms with Crippen LogP contribution in [0.5, 0.6) is 0 Å². The SMILES string of the molecule is Cc1occ2c1CNc1ccccc1S2. The van der Waals surface area contributed by atoms with Gasteiger partial charge in [0.2, 0.25) is 0 Å². The summed E-state index contributed by atoms with van der Waals surface area (Å²) < 4.78 is 5.43. The van der Waals surface area contributed by atoms with Gasteiger partial charge in [-0.1, -0.05) is 23.9 Å². The predicted octanol–water partition coefficient (Wildman–Crippen LogP) is 3.66. The van der Waals surface area contributed by atoms with Gasteiger partial charge in [-0.25, -0.2) is 0 Å². The second kappa shape index (κ2) is 3.35. The van der Waals surface area contributed by atoms with Crippen LogP contribution in [0.15, 0.2) is 44.7 Å². The van der Waals surface area contributed by atoms with Crippen LogP contribution >= 0.6 is 11.8 Å². The molecule has 0 spiro atoms. The molecule has 0 aliphatic carbocycles. The third-order valence-electron chi connectivity index (χ3n) is 2.63. The van der Waals surface area contributed by atoms with Crippen LogP contribution in [0.1, 0.15) is 11.3 Å². The van der Waals surface area contributed by atoms with Crippen molar-refractivity contribution in [2.75, 3.05) is 5.32 Å². The van der Waals surface area contributed by atoms with Crippen molar-refractivity contribution < 1.29 is 4.42 Å². The van der Waals surface area contributed by atoms with Crippen molar-refractivity contribution in [3.05, 3.63) is 41.9 Å². The highest BCUT2D eigenvalue weighted by Gasteiger charge is 2.16. The smallest absolute Gasteiger partial charge is 0.106 e. The Kier molecular flexibility index (Phi) is 1.99. The predicted molar refractivity (Wildman–Crippen MR) is 61.3 cm³/mol. The average Bonchev–Trinajstić information content (AvgIpc) is 2.51. The third kappa shape index (κ3) is 1.43. The molecule has 2 nitrogen and oxygen atoms in total. The number of aryl methyl sites for hydroxylation is 1. The molecule has 0 saturated carbocycles. The summed E-state index contributed by atoms with van der Waals surface area (Å²) in [6, 6.07) is 8.36. The number of fused-ring (bicyclic) bond motifs is 2. The van der Waals surface area contributed by atoms with Crippen LogP contribution in [-0.4, -0.2) is 0 Å². The van der Waals surface area contributed by atoms with E-state index in [1.807, 2.05) is 13.2 Å². The highest BCUT2D eigenvalue weighted by molar-refractivity contribution is 7.99. The van der Waals surface area contributed by atoms with Gasteiger partial charge in [-0.3, -0.25) is 0 Å². The van der Waals surface area contributed by atoms with Crippen LogP contribution in [0, 0.1) is 6.92 Å². The lowest BCUT2D eigenvalue weighted by atomic mass is 10.2. The number of rotatable bonds is 0. The fourth-order valence-corrected chi connectivity index (χ4v) is 2.83. The Hall–Kier alpha value is -1.35. The zero-order chi connectivity index (χ0) is 10.3. The molecule has 3 heteroatoms. The highest BCUT2D eigenvalue weighted by Crippen LogP contribution is 2.40. The molecule has 1 aliphatic heterocycles. The first kappa shape index (κ1) is 8.92. The quantitative estimate of drug-likeness (QED) is 0.729. The summed E-state index contributed by atoms with van der Waals surface area (Å²) in [5, 5.41) is 3.43. The molecular formula is C12H11NOS. The number of benzene rings is 1. The zero-order valence-electron chi connectivity index (χ0n) is 8.41. The summed E-state index contributed by atoms with van der Waals surface area (Å²) in [4.78, 5) is 2.49.